The van der Waals surface area contributed by atoms with Crippen molar-refractivity contribution >= 4 is 11.8 Å². The molecule has 0 atom stereocenters. The van der Waals surface area contributed by atoms with Crippen molar-refractivity contribution in [2.75, 3.05) is 6.54 Å². The van der Waals surface area contributed by atoms with Gasteiger partial charge in [0, 0.05) is 25.4 Å². The smallest absolute Gasteiger partial charge is 0.220 e. The SMILES string of the molecule is CC(=O)NCCCCCC(=O)NC(C)(C)C. The minimum absolute atomic E-state index is 0.00507. The number of carbonyl (C=O) groups is 2. The maximum absolute atomic E-state index is 11.4. The quantitative estimate of drug-likeness (QED) is 0.678. The predicted molar refractivity (Wildman–Crippen MR) is 65.0 cm³/mol. The van der Waals surface area contributed by atoms with Gasteiger partial charge in [-0.05, 0) is 33.6 Å². The molecule has 0 unspecified atom stereocenters. The predicted octanol–water partition coefficient (Wildman–Crippen LogP) is 1.60. The highest BCUT2D eigenvalue weighted by molar-refractivity contribution is 5.76. The van der Waals surface area contributed by atoms with Gasteiger partial charge in [-0.1, -0.05) is 6.42 Å². The highest BCUT2D eigenvalue weighted by Gasteiger charge is 2.12. The van der Waals surface area contributed by atoms with Crippen LogP contribution in [0.2, 0.25) is 0 Å². The van der Waals surface area contributed by atoms with E-state index in [0.29, 0.717) is 13.0 Å². The Hall–Kier alpha value is -1.06. The molecular weight excluding hydrogens is 204 g/mol. The number of unbranched alkanes of at least 4 members (excludes halogenated alkanes) is 2. The van der Waals surface area contributed by atoms with E-state index in [1.807, 2.05) is 20.8 Å². The van der Waals surface area contributed by atoms with Gasteiger partial charge in [-0.3, -0.25) is 9.59 Å². The molecule has 0 fully saturated rings. The van der Waals surface area contributed by atoms with Crippen LogP contribution in [0.3, 0.4) is 0 Å². The van der Waals surface area contributed by atoms with E-state index in [2.05, 4.69) is 10.6 Å². The van der Waals surface area contributed by atoms with Crippen molar-refractivity contribution < 1.29 is 9.59 Å². The van der Waals surface area contributed by atoms with E-state index in [0.717, 1.165) is 19.3 Å². The van der Waals surface area contributed by atoms with Crippen molar-refractivity contribution in [1.82, 2.24) is 10.6 Å². The van der Waals surface area contributed by atoms with E-state index < -0.39 is 0 Å². The van der Waals surface area contributed by atoms with Gasteiger partial charge in [0.2, 0.25) is 11.8 Å². The van der Waals surface area contributed by atoms with Crippen molar-refractivity contribution in [3.8, 4) is 0 Å². The second-order valence-electron chi connectivity index (χ2n) is 5.09. The van der Waals surface area contributed by atoms with Crippen LogP contribution in [0.1, 0.15) is 53.4 Å². The van der Waals surface area contributed by atoms with Gasteiger partial charge in [-0.25, -0.2) is 0 Å². The molecule has 94 valence electrons. The zero-order valence-electron chi connectivity index (χ0n) is 10.9. The molecule has 0 aromatic carbocycles. The molecule has 0 aliphatic carbocycles. The molecule has 16 heavy (non-hydrogen) atoms. The van der Waals surface area contributed by atoms with Gasteiger partial charge < -0.3 is 10.6 Å². The van der Waals surface area contributed by atoms with E-state index in [1.165, 1.54) is 6.92 Å². The monoisotopic (exact) mass is 228 g/mol. The molecule has 0 radical (unpaired) electrons. The number of hydrogen-bond acceptors (Lipinski definition) is 2. The minimum atomic E-state index is -0.146. The summed E-state index contributed by atoms with van der Waals surface area (Å²) < 4.78 is 0. The highest BCUT2D eigenvalue weighted by Crippen LogP contribution is 2.03. The first-order valence-corrected chi connectivity index (χ1v) is 5.87. The van der Waals surface area contributed by atoms with Gasteiger partial charge >= 0.3 is 0 Å². The molecule has 0 bridgehead atoms. The first kappa shape index (κ1) is 14.9. The number of hydrogen-bond donors (Lipinski definition) is 2. The lowest BCUT2D eigenvalue weighted by Crippen LogP contribution is -2.40. The number of carbonyl (C=O) groups excluding carboxylic acids is 2. The molecule has 0 aromatic heterocycles. The van der Waals surface area contributed by atoms with E-state index in [4.69, 9.17) is 0 Å². The second-order valence-corrected chi connectivity index (χ2v) is 5.09. The molecule has 0 aliphatic heterocycles. The molecule has 2 amide bonds. The lowest BCUT2D eigenvalue weighted by Gasteiger charge is -2.20. The summed E-state index contributed by atoms with van der Waals surface area (Å²) in [5, 5.41) is 5.65. The summed E-state index contributed by atoms with van der Waals surface area (Å²) in [4.78, 5) is 22.0. The van der Waals surface area contributed by atoms with Crippen LogP contribution in [0.5, 0.6) is 0 Å². The Bertz CT molecular complexity index is 232. The lowest BCUT2D eigenvalue weighted by atomic mass is 10.1. The van der Waals surface area contributed by atoms with Crippen LogP contribution in [-0.2, 0) is 9.59 Å². The molecule has 0 saturated carbocycles. The summed E-state index contributed by atoms with van der Waals surface area (Å²) in [6.45, 7) is 8.14. The largest absolute Gasteiger partial charge is 0.356 e. The third kappa shape index (κ3) is 11.0. The van der Waals surface area contributed by atoms with Crippen molar-refractivity contribution in [1.29, 1.82) is 0 Å². The molecule has 0 rings (SSSR count). The fraction of sp³-hybridized carbons (Fsp3) is 0.833. The highest BCUT2D eigenvalue weighted by atomic mass is 16.2. The van der Waals surface area contributed by atoms with E-state index >= 15 is 0 Å². The van der Waals surface area contributed by atoms with Gasteiger partial charge in [0.25, 0.3) is 0 Å². The topological polar surface area (TPSA) is 58.2 Å². The summed E-state index contributed by atoms with van der Waals surface area (Å²) in [6, 6.07) is 0. The Morgan fingerprint density at radius 2 is 1.69 bits per heavy atom. The van der Waals surface area contributed by atoms with Crippen molar-refractivity contribution in [3.63, 3.8) is 0 Å². The zero-order valence-corrected chi connectivity index (χ0v) is 10.9. The Balaban J connectivity index is 3.38. The first-order valence-electron chi connectivity index (χ1n) is 5.87. The van der Waals surface area contributed by atoms with Gasteiger partial charge in [0.1, 0.15) is 0 Å². The molecule has 0 spiro atoms. The zero-order chi connectivity index (χ0) is 12.6. The molecule has 0 saturated heterocycles. The minimum Gasteiger partial charge on any atom is -0.356 e. The summed E-state index contributed by atoms with van der Waals surface area (Å²) >= 11 is 0. The summed E-state index contributed by atoms with van der Waals surface area (Å²) in [5.41, 5.74) is -0.146. The second kappa shape index (κ2) is 7.25. The van der Waals surface area contributed by atoms with Crippen LogP contribution >= 0.6 is 0 Å². The van der Waals surface area contributed by atoms with Crippen molar-refractivity contribution in [2.45, 2.75) is 58.9 Å². The van der Waals surface area contributed by atoms with Gasteiger partial charge in [-0.2, -0.15) is 0 Å². The molecular formula is C12H24N2O2. The van der Waals surface area contributed by atoms with Gasteiger partial charge in [0.05, 0.1) is 0 Å². The van der Waals surface area contributed by atoms with Crippen molar-refractivity contribution in [3.05, 3.63) is 0 Å². The van der Waals surface area contributed by atoms with Crippen LogP contribution in [0.25, 0.3) is 0 Å². The standard InChI is InChI=1S/C12H24N2O2/c1-10(15)13-9-7-5-6-8-11(16)14-12(2,3)4/h5-9H2,1-4H3,(H,13,15)(H,14,16). The number of nitrogens with one attached hydrogen (secondary N) is 2. The molecule has 4 heteroatoms. The molecule has 4 nitrogen and oxygen atoms in total. The Morgan fingerprint density at radius 3 is 2.19 bits per heavy atom. The van der Waals surface area contributed by atoms with Crippen LogP contribution < -0.4 is 10.6 Å². The Labute approximate surface area is 98.2 Å². The summed E-state index contributed by atoms with van der Waals surface area (Å²) in [6.07, 6.45) is 3.35. The van der Waals surface area contributed by atoms with Gasteiger partial charge in [0.15, 0.2) is 0 Å². The van der Waals surface area contributed by atoms with Crippen LogP contribution in [0.15, 0.2) is 0 Å². The fourth-order valence-electron chi connectivity index (χ4n) is 1.33. The average Bonchev–Trinajstić information content (AvgIpc) is 2.07. The van der Waals surface area contributed by atoms with Gasteiger partial charge in [-0.15, -0.1) is 0 Å². The maximum atomic E-state index is 11.4. The molecule has 0 aliphatic rings. The fourth-order valence-corrected chi connectivity index (χ4v) is 1.33. The summed E-state index contributed by atoms with van der Waals surface area (Å²) in [7, 11) is 0. The van der Waals surface area contributed by atoms with E-state index in [1.54, 1.807) is 0 Å². The van der Waals surface area contributed by atoms with Crippen LogP contribution in [0.4, 0.5) is 0 Å². The third-order valence-electron chi connectivity index (χ3n) is 1.97. The lowest BCUT2D eigenvalue weighted by molar-refractivity contribution is -0.122. The van der Waals surface area contributed by atoms with Crippen molar-refractivity contribution in [2.24, 2.45) is 0 Å². The van der Waals surface area contributed by atoms with Crippen LogP contribution in [0, 0.1) is 0 Å². The maximum Gasteiger partial charge on any atom is 0.220 e. The van der Waals surface area contributed by atoms with E-state index in [-0.39, 0.29) is 17.4 Å². The number of amides is 2. The Kier molecular flexibility index (Phi) is 6.77. The third-order valence-corrected chi connectivity index (χ3v) is 1.97. The Morgan fingerprint density at radius 1 is 1.06 bits per heavy atom. The normalized spacial score (nSPS) is 11.0. The van der Waals surface area contributed by atoms with E-state index in [9.17, 15) is 9.59 Å². The average molecular weight is 228 g/mol. The molecule has 0 heterocycles. The first-order chi connectivity index (χ1) is 7.31. The van der Waals surface area contributed by atoms with Crippen LogP contribution in [-0.4, -0.2) is 23.9 Å². The summed E-state index contributed by atoms with van der Waals surface area (Å²) in [5.74, 6) is 0.109. The number of rotatable bonds is 6. The molecule has 2 N–H and O–H groups in total. The molecule has 0 aromatic rings.